The molecule has 0 aliphatic heterocycles. The molecule has 0 saturated carbocycles. The Morgan fingerprint density at radius 2 is 1.88 bits per heavy atom. The van der Waals surface area contributed by atoms with E-state index in [1.807, 2.05) is 26.0 Å². The van der Waals surface area contributed by atoms with Crippen molar-refractivity contribution >= 4 is 24.0 Å². The van der Waals surface area contributed by atoms with Crippen molar-refractivity contribution in [1.29, 1.82) is 0 Å². The topological polar surface area (TPSA) is 30.5 Å². The molecule has 0 spiro atoms. The Balaban J connectivity index is 0.00000338. The number of benzene rings is 2. The van der Waals surface area contributed by atoms with Crippen LogP contribution in [-0.2, 0) is 17.9 Å². The lowest BCUT2D eigenvalue weighted by Gasteiger charge is -2.13. The Bertz CT molecular complexity index is 668. The van der Waals surface area contributed by atoms with E-state index in [1.165, 1.54) is 6.07 Å². The minimum atomic E-state index is -0.263. The summed E-state index contributed by atoms with van der Waals surface area (Å²) in [5.74, 6) is 0.444. The molecule has 0 aliphatic rings. The van der Waals surface area contributed by atoms with E-state index in [4.69, 9.17) is 21.1 Å². The molecule has 0 unspecified atom stereocenters. The van der Waals surface area contributed by atoms with E-state index < -0.39 is 0 Å². The summed E-state index contributed by atoms with van der Waals surface area (Å²) in [5.41, 5.74) is 1.48. The second-order valence-corrected chi connectivity index (χ2v) is 6.52. The fourth-order valence-electron chi connectivity index (χ4n) is 2.34. The molecule has 0 heterocycles. The predicted octanol–water partition coefficient (Wildman–Crippen LogP) is 5.38. The molecular formula is C20H26Cl2FNO2. The van der Waals surface area contributed by atoms with Crippen molar-refractivity contribution in [2.24, 2.45) is 0 Å². The van der Waals surface area contributed by atoms with E-state index >= 15 is 0 Å². The number of hydrogen-bond acceptors (Lipinski definition) is 3. The average molecular weight is 402 g/mol. The molecule has 2 rings (SSSR count). The highest BCUT2D eigenvalue weighted by molar-refractivity contribution is 6.30. The van der Waals surface area contributed by atoms with Crippen LogP contribution in [0.25, 0.3) is 0 Å². The minimum absolute atomic E-state index is 0. The van der Waals surface area contributed by atoms with E-state index in [-0.39, 0.29) is 30.9 Å². The highest BCUT2D eigenvalue weighted by atomic mass is 35.5. The van der Waals surface area contributed by atoms with Gasteiger partial charge in [-0.2, -0.15) is 0 Å². The number of ether oxygens (including phenoxy) is 2. The number of halogens is 3. The molecule has 0 aliphatic carbocycles. The van der Waals surface area contributed by atoms with E-state index in [2.05, 4.69) is 5.32 Å². The molecule has 6 heteroatoms. The molecule has 0 aromatic heterocycles. The van der Waals surface area contributed by atoms with Gasteiger partial charge in [0.15, 0.2) is 0 Å². The van der Waals surface area contributed by atoms with Gasteiger partial charge in [-0.25, -0.2) is 4.39 Å². The third-order valence-electron chi connectivity index (χ3n) is 3.63. The SMILES string of the molecule is CC(C)OCCCNCc1cc(Cl)ccc1OCc1ccccc1F.Cl. The maximum atomic E-state index is 13.7. The molecule has 0 radical (unpaired) electrons. The quantitative estimate of drug-likeness (QED) is 0.541. The number of nitrogens with one attached hydrogen (secondary N) is 1. The average Bonchev–Trinajstić information content (AvgIpc) is 2.58. The molecular weight excluding hydrogens is 376 g/mol. The van der Waals surface area contributed by atoms with Crippen molar-refractivity contribution < 1.29 is 13.9 Å². The van der Waals surface area contributed by atoms with Crippen molar-refractivity contribution in [2.75, 3.05) is 13.2 Å². The first-order valence-corrected chi connectivity index (χ1v) is 8.91. The lowest BCUT2D eigenvalue weighted by molar-refractivity contribution is 0.0770. The van der Waals surface area contributed by atoms with Crippen LogP contribution < -0.4 is 10.1 Å². The van der Waals surface area contributed by atoms with Crippen LogP contribution in [-0.4, -0.2) is 19.3 Å². The van der Waals surface area contributed by atoms with Crippen LogP contribution in [0, 0.1) is 5.82 Å². The second-order valence-electron chi connectivity index (χ2n) is 6.08. The normalized spacial score (nSPS) is 10.7. The monoisotopic (exact) mass is 401 g/mol. The van der Waals surface area contributed by atoms with Crippen molar-refractivity contribution in [1.82, 2.24) is 5.32 Å². The van der Waals surface area contributed by atoms with Crippen molar-refractivity contribution in [2.45, 2.75) is 39.5 Å². The summed E-state index contributed by atoms with van der Waals surface area (Å²) in [6.45, 7) is 6.44. The van der Waals surface area contributed by atoms with Crippen LogP contribution >= 0.6 is 24.0 Å². The molecule has 0 atom stereocenters. The van der Waals surface area contributed by atoms with Crippen LogP contribution in [0.1, 0.15) is 31.4 Å². The van der Waals surface area contributed by atoms with Gasteiger partial charge in [-0.1, -0.05) is 29.8 Å². The standard InChI is InChI=1S/C20H25ClFNO2.ClH/c1-15(2)24-11-5-10-23-13-17-12-18(21)8-9-20(17)25-14-16-6-3-4-7-19(16)22;/h3-4,6-9,12,15,23H,5,10-11,13-14H2,1-2H3;1H. The maximum absolute atomic E-state index is 13.7. The molecule has 2 aromatic carbocycles. The van der Waals surface area contributed by atoms with Crippen molar-refractivity contribution in [3.63, 3.8) is 0 Å². The van der Waals surface area contributed by atoms with Crippen LogP contribution in [0.4, 0.5) is 4.39 Å². The molecule has 0 amide bonds. The third-order valence-corrected chi connectivity index (χ3v) is 3.86. The van der Waals surface area contributed by atoms with Gasteiger partial charge in [0.05, 0.1) is 6.10 Å². The summed E-state index contributed by atoms with van der Waals surface area (Å²) in [5, 5.41) is 4.01. The molecule has 26 heavy (non-hydrogen) atoms. The molecule has 0 bridgehead atoms. The molecule has 144 valence electrons. The minimum Gasteiger partial charge on any atom is -0.488 e. The molecule has 1 N–H and O–H groups in total. The van der Waals surface area contributed by atoms with E-state index in [1.54, 1.807) is 24.3 Å². The highest BCUT2D eigenvalue weighted by Crippen LogP contribution is 2.24. The zero-order chi connectivity index (χ0) is 18.1. The summed E-state index contributed by atoms with van der Waals surface area (Å²) in [6, 6.07) is 12.1. The van der Waals surface area contributed by atoms with E-state index in [9.17, 15) is 4.39 Å². The fraction of sp³-hybridized carbons (Fsp3) is 0.400. The van der Waals surface area contributed by atoms with Crippen molar-refractivity contribution in [3.05, 3.63) is 64.4 Å². The summed E-state index contributed by atoms with van der Waals surface area (Å²) < 4.78 is 25.0. The Morgan fingerprint density at radius 1 is 1.12 bits per heavy atom. The van der Waals surface area contributed by atoms with Gasteiger partial charge in [-0.15, -0.1) is 12.4 Å². The largest absolute Gasteiger partial charge is 0.488 e. The van der Waals surface area contributed by atoms with Gasteiger partial charge < -0.3 is 14.8 Å². The predicted molar refractivity (Wildman–Crippen MR) is 107 cm³/mol. The first-order valence-electron chi connectivity index (χ1n) is 8.53. The number of rotatable bonds is 10. The van der Waals surface area contributed by atoms with Gasteiger partial charge in [0.1, 0.15) is 18.2 Å². The van der Waals surface area contributed by atoms with Crippen LogP contribution in [0.2, 0.25) is 5.02 Å². The van der Waals surface area contributed by atoms with E-state index in [0.717, 1.165) is 25.1 Å². The summed E-state index contributed by atoms with van der Waals surface area (Å²) >= 11 is 6.09. The lowest BCUT2D eigenvalue weighted by Crippen LogP contribution is -2.18. The number of hydrogen-bond donors (Lipinski definition) is 1. The van der Waals surface area contributed by atoms with Gasteiger partial charge in [-0.3, -0.25) is 0 Å². The molecule has 0 fully saturated rings. The molecule has 2 aromatic rings. The maximum Gasteiger partial charge on any atom is 0.129 e. The van der Waals surface area contributed by atoms with Gasteiger partial charge in [-0.05, 0) is 51.1 Å². The summed E-state index contributed by atoms with van der Waals surface area (Å²) in [6.07, 6.45) is 1.19. The van der Waals surface area contributed by atoms with Gasteiger partial charge in [0, 0.05) is 29.3 Å². The fourth-order valence-corrected chi connectivity index (χ4v) is 2.53. The smallest absolute Gasteiger partial charge is 0.129 e. The van der Waals surface area contributed by atoms with E-state index in [0.29, 0.717) is 22.9 Å². The summed E-state index contributed by atoms with van der Waals surface area (Å²) in [7, 11) is 0. The Morgan fingerprint density at radius 3 is 2.62 bits per heavy atom. The van der Waals surface area contributed by atoms with Gasteiger partial charge in [0.25, 0.3) is 0 Å². The van der Waals surface area contributed by atoms with Gasteiger partial charge >= 0.3 is 0 Å². The first-order chi connectivity index (χ1) is 12.1. The van der Waals surface area contributed by atoms with Gasteiger partial charge in [0.2, 0.25) is 0 Å². The first kappa shape index (κ1) is 22.7. The second kappa shape index (κ2) is 12.1. The Hall–Kier alpha value is -1.33. The third kappa shape index (κ3) is 7.92. The van der Waals surface area contributed by atoms with Crippen LogP contribution in [0.3, 0.4) is 0 Å². The lowest BCUT2D eigenvalue weighted by atomic mass is 10.2. The Kier molecular flexibility index (Phi) is 10.6. The Labute approximate surface area is 166 Å². The highest BCUT2D eigenvalue weighted by Gasteiger charge is 2.07. The molecule has 0 saturated heterocycles. The zero-order valence-electron chi connectivity index (χ0n) is 15.1. The van der Waals surface area contributed by atoms with Crippen LogP contribution in [0.5, 0.6) is 5.75 Å². The zero-order valence-corrected chi connectivity index (χ0v) is 16.7. The molecule has 3 nitrogen and oxygen atoms in total. The van der Waals surface area contributed by atoms with Crippen molar-refractivity contribution in [3.8, 4) is 5.75 Å². The summed E-state index contributed by atoms with van der Waals surface area (Å²) in [4.78, 5) is 0. The van der Waals surface area contributed by atoms with Crippen LogP contribution in [0.15, 0.2) is 42.5 Å².